The highest BCUT2D eigenvalue weighted by atomic mass is 16.3. The highest BCUT2D eigenvalue weighted by molar-refractivity contribution is 5.72. The van der Waals surface area contributed by atoms with Crippen molar-refractivity contribution in [2.75, 3.05) is 0 Å². The molecule has 0 unspecified atom stereocenters. The zero-order valence-electron chi connectivity index (χ0n) is 8.32. The molecule has 0 spiro atoms. The lowest BCUT2D eigenvalue weighted by Crippen LogP contribution is -2.18. The molecule has 78 valence electrons. The second kappa shape index (κ2) is 4.04. The van der Waals surface area contributed by atoms with E-state index < -0.39 is 0 Å². The average Bonchev–Trinajstić information content (AvgIpc) is 2.85. The van der Waals surface area contributed by atoms with Gasteiger partial charge in [0, 0.05) is 6.92 Å². The van der Waals surface area contributed by atoms with Crippen molar-refractivity contribution in [3.63, 3.8) is 0 Å². The zero-order valence-corrected chi connectivity index (χ0v) is 8.32. The minimum absolute atomic E-state index is 0.0729. The van der Waals surface area contributed by atoms with Crippen LogP contribution in [0.4, 0.5) is 0 Å². The number of hydrogen-bond donors (Lipinski definition) is 1. The highest BCUT2D eigenvalue weighted by Gasteiger charge is 2.05. The van der Waals surface area contributed by atoms with Gasteiger partial charge in [0.1, 0.15) is 17.8 Å². The molecule has 0 atom stereocenters. The lowest BCUT2D eigenvalue weighted by molar-refractivity contribution is -0.119. The summed E-state index contributed by atoms with van der Waals surface area (Å²) >= 11 is 0. The molecule has 0 aliphatic carbocycles. The maximum Gasteiger partial charge on any atom is 0.217 e. The van der Waals surface area contributed by atoms with Gasteiger partial charge in [0.2, 0.25) is 5.91 Å². The first-order valence-corrected chi connectivity index (χ1v) is 4.61. The van der Waals surface area contributed by atoms with Gasteiger partial charge in [0.25, 0.3) is 0 Å². The van der Waals surface area contributed by atoms with Gasteiger partial charge in [-0.15, -0.1) is 0 Å². The monoisotopic (exact) mass is 205 g/mol. The van der Waals surface area contributed by atoms with Crippen molar-refractivity contribution in [2.24, 2.45) is 0 Å². The molecular formula is C11H11NO3. The summed E-state index contributed by atoms with van der Waals surface area (Å²) in [6, 6.07) is 5.50. The Labute approximate surface area is 86.9 Å². The third-order valence-corrected chi connectivity index (χ3v) is 1.98. The van der Waals surface area contributed by atoms with Crippen molar-refractivity contribution in [1.29, 1.82) is 0 Å². The first-order valence-electron chi connectivity index (χ1n) is 4.61. The van der Waals surface area contributed by atoms with Gasteiger partial charge in [-0.3, -0.25) is 4.79 Å². The van der Waals surface area contributed by atoms with Crippen LogP contribution in [0.3, 0.4) is 0 Å². The molecule has 4 heteroatoms. The van der Waals surface area contributed by atoms with Crippen molar-refractivity contribution in [1.82, 2.24) is 5.32 Å². The van der Waals surface area contributed by atoms with E-state index in [2.05, 4.69) is 5.32 Å². The molecule has 0 aromatic carbocycles. The Kier molecular flexibility index (Phi) is 2.58. The standard InChI is InChI=1S/C11H11NO3/c1-8(13)12-6-10-2-3-11(15-10)9-4-5-14-7-9/h2-5,7H,6H2,1H3,(H,12,13). The molecule has 1 N–H and O–H groups in total. The molecule has 1 amide bonds. The summed E-state index contributed by atoms with van der Waals surface area (Å²) in [7, 11) is 0. The molecule has 0 saturated carbocycles. The number of carbonyl (C=O) groups is 1. The van der Waals surface area contributed by atoms with Crippen LogP contribution in [0, 0.1) is 0 Å². The van der Waals surface area contributed by atoms with Crippen LogP contribution in [0.25, 0.3) is 11.3 Å². The molecule has 2 aromatic heterocycles. The molecule has 15 heavy (non-hydrogen) atoms. The summed E-state index contributed by atoms with van der Waals surface area (Å²) in [5.74, 6) is 1.39. The predicted octanol–water partition coefficient (Wildman–Crippen LogP) is 2.18. The first kappa shape index (κ1) is 9.58. The molecule has 2 rings (SSSR count). The number of rotatable bonds is 3. The Morgan fingerprint density at radius 3 is 2.93 bits per heavy atom. The van der Waals surface area contributed by atoms with Gasteiger partial charge in [-0.05, 0) is 18.2 Å². The van der Waals surface area contributed by atoms with Gasteiger partial charge in [0.15, 0.2) is 0 Å². The Balaban J connectivity index is 2.08. The summed E-state index contributed by atoms with van der Waals surface area (Å²) in [6.45, 7) is 1.88. The smallest absolute Gasteiger partial charge is 0.217 e. The van der Waals surface area contributed by atoms with Crippen LogP contribution in [0.5, 0.6) is 0 Å². The quantitative estimate of drug-likeness (QED) is 0.835. The van der Waals surface area contributed by atoms with Crippen molar-refractivity contribution in [3.05, 3.63) is 36.5 Å². The normalized spacial score (nSPS) is 10.2. The minimum Gasteiger partial charge on any atom is -0.472 e. The number of hydrogen-bond acceptors (Lipinski definition) is 3. The average molecular weight is 205 g/mol. The summed E-state index contributed by atoms with van der Waals surface area (Å²) in [5, 5.41) is 2.66. The minimum atomic E-state index is -0.0729. The molecule has 0 radical (unpaired) electrons. The van der Waals surface area contributed by atoms with E-state index in [0.717, 1.165) is 17.1 Å². The maximum atomic E-state index is 10.7. The van der Waals surface area contributed by atoms with Crippen LogP contribution < -0.4 is 5.32 Å². The lowest BCUT2D eigenvalue weighted by atomic mass is 10.3. The first-order chi connectivity index (χ1) is 7.25. The lowest BCUT2D eigenvalue weighted by Gasteiger charge is -1.97. The van der Waals surface area contributed by atoms with Gasteiger partial charge >= 0.3 is 0 Å². The molecule has 2 heterocycles. The molecule has 4 nitrogen and oxygen atoms in total. The van der Waals surface area contributed by atoms with Gasteiger partial charge in [-0.1, -0.05) is 0 Å². The van der Waals surface area contributed by atoms with E-state index in [1.165, 1.54) is 6.92 Å². The maximum absolute atomic E-state index is 10.7. The fourth-order valence-corrected chi connectivity index (χ4v) is 1.24. The van der Waals surface area contributed by atoms with E-state index in [4.69, 9.17) is 8.83 Å². The number of carbonyl (C=O) groups excluding carboxylic acids is 1. The number of nitrogens with one attached hydrogen (secondary N) is 1. The van der Waals surface area contributed by atoms with Crippen LogP contribution in [-0.2, 0) is 11.3 Å². The number of furan rings is 2. The van der Waals surface area contributed by atoms with Crippen LogP contribution in [-0.4, -0.2) is 5.91 Å². The van der Waals surface area contributed by atoms with E-state index in [0.29, 0.717) is 6.54 Å². The summed E-state index contributed by atoms with van der Waals surface area (Å²) in [4.78, 5) is 10.7. The van der Waals surface area contributed by atoms with Gasteiger partial charge in [-0.25, -0.2) is 0 Å². The highest BCUT2D eigenvalue weighted by Crippen LogP contribution is 2.22. The van der Waals surface area contributed by atoms with Crippen molar-refractivity contribution in [2.45, 2.75) is 13.5 Å². The Morgan fingerprint density at radius 2 is 2.27 bits per heavy atom. The van der Waals surface area contributed by atoms with Crippen LogP contribution >= 0.6 is 0 Å². The Bertz CT molecular complexity index is 442. The Morgan fingerprint density at radius 1 is 1.40 bits per heavy atom. The van der Waals surface area contributed by atoms with E-state index in [-0.39, 0.29) is 5.91 Å². The third-order valence-electron chi connectivity index (χ3n) is 1.98. The second-order valence-electron chi connectivity index (χ2n) is 3.19. The molecule has 2 aromatic rings. The molecule has 0 aliphatic heterocycles. The molecule has 0 bridgehead atoms. The van der Waals surface area contributed by atoms with E-state index in [1.54, 1.807) is 12.5 Å². The molecule has 0 fully saturated rings. The van der Waals surface area contributed by atoms with Crippen molar-refractivity contribution < 1.29 is 13.6 Å². The van der Waals surface area contributed by atoms with Crippen molar-refractivity contribution >= 4 is 5.91 Å². The van der Waals surface area contributed by atoms with Gasteiger partial charge < -0.3 is 14.2 Å². The summed E-state index contributed by atoms with van der Waals surface area (Å²) in [6.07, 6.45) is 3.20. The van der Waals surface area contributed by atoms with Crippen LogP contribution in [0.15, 0.2) is 39.6 Å². The van der Waals surface area contributed by atoms with Crippen LogP contribution in [0.2, 0.25) is 0 Å². The Hall–Kier alpha value is -1.97. The molecule has 0 aliphatic rings. The molecular weight excluding hydrogens is 194 g/mol. The largest absolute Gasteiger partial charge is 0.472 e. The topological polar surface area (TPSA) is 55.4 Å². The van der Waals surface area contributed by atoms with E-state index in [1.807, 2.05) is 18.2 Å². The fourth-order valence-electron chi connectivity index (χ4n) is 1.24. The van der Waals surface area contributed by atoms with Crippen molar-refractivity contribution in [3.8, 4) is 11.3 Å². The summed E-state index contributed by atoms with van der Waals surface area (Å²) in [5.41, 5.74) is 0.893. The van der Waals surface area contributed by atoms with E-state index >= 15 is 0 Å². The fraction of sp³-hybridized carbons (Fsp3) is 0.182. The third kappa shape index (κ3) is 2.28. The molecule has 0 saturated heterocycles. The summed E-state index contributed by atoms with van der Waals surface area (Å²) < 4.78 is 10.5. The second-order valence-corrected chi connectivity index (χ2v) is 3.19. The van der Waals surface area contributed by atoms with Gasteiger partial charge in [0.05, 0.1) is 18.4 Å². The van der Waals surface area contributed by atoms with Gasteiger partial charge in [-0.2, -0.15) is 0 Å². The number of amides is 1. The predicted molar refractivity (Wildman–Crippen MR) is 53.9 cm³/mol. The SMILES string of the molecule is CC(=O)NCc1ccc(-c2ccoc2)o1. The van der Waals surface area contributed by atoms with Crippen LogP contribution in [0.1, 0.15) is 12.7 Å². The van der Waals surface area contributed by atoms with E-state index in [9.17, 15) is 4.79 Å². The zero-order chi connectivity index (χ0) is 10.7.